The van der Waals surface area contributed by atoms with Gasteiger partial charge in [0, 0.05) is 35.3 Å². The van der Waals surface area contributed by atoms with E-state index in [-0.39, 0.29) is 12.5 Å². The Kier molecular flexibility index (Phi) is 8.61. The Bertz CT molecular complexity index is 209. The van der Waals surface area contributed by atoms with Gasteiger partial charge in [0.05, 0.1) is 0 Å². The van der Waals surface area contributed by atoms with E-state index in [0.29, 0.717) is 5.75 Å². The van der Waals surface area contributed by atoms with Gasteiger partial charge in [0.1, 0.15) is 0 Å². The molecule has 0 fully saturated rings. The van der Waals surface area contributed by atoms with Crippen LogP contribution in [0.2, 0.25) is 0 Å². The van der Waals surface area contributed by atoms with Crippen LogP contribution in [0.25, 0.3) is 0 Å². The number of carboxylic acids is 1. The molecule has 0 aliphatic carbocycles. The SMILES string of the molecule is CC(CS(C)=O)NCCCCCC(=O)O. The molecule has 4 nitrogen and oxygen atoms in total. The van der Waals surface area contributed by atoms with E-state index in [0.717, 1.165) is 25.8 Å². The third-order valence-corrected chi connectivity index (χ3v) is 3.01. The molecule has 90 valence electrons. The third-order valence-electron chi connectivity index (χ3n) is 2.04. The van der Waals surface area contributed by atoms with Crippen LogP contribution in [0.5, 0.6) is 0 Å². The molecular weight excluding hydrogens is 214 g/mol. The van der Waals surface area contributed by atoms with Crippen molar-refractivity contribution in [3.63, 3.8) is 0 Å². The summed E-state index contributed by atoms with van der Waals surface area (Å²) >= 11 is 0. The summed E-state index contributed by atoms with van der Waals surface area (Å²) in [6.07, 6.45) is 4.61. The Morgan fingerprint density at radius 1 is 1.40 bits per heavy atom. The van der Waals surface area contributed by atoms with Gasteiger partial charge in [0.25, 0.3) is 0 Å². The Labute approximate surface area is 93.9 Å². The molecule has 0 bridgehead atoms. The second-order valence-electron chi connectivity index (χ2n) is 3.80. The average Bonchev–Trinajstić information content (AvgIpc) is 2.09. The zero-order valence-corrected chi connectivity index (χ0v) is 10.3. The maximum absolute atomic E-state index is 10.9. The van der Waals surface area contributed by atoms with Crippen LogP contribution in [0.4, 0.5) is 0 Å². The van der Waals surface area contributed by atoms with Crippen LogP contribution in [0.3, 0.4) is 0 Å². The fraction of sp³-hybridized carbons (Fsp3) is 0.900. The lowest BCUT2D eigenvalue weighted by Crippen LogP contribution is -2.31. The van der Waals surface area contributed by atoms with Gasteiger partial charge < -0.3 is 10.4 Å². The average molecular weight is 235 g/mol. The van der Waals surface area contributed by atoms with Crippen LogP contribution in [0.15, 0.2) is 0 Å². The number of carboxylic acid groups (broad SMARTS) is 1. The highest BCUT2D eigenvalue weighted by Gasteiger charge is 2.02. The molecule has 0 aromatic heterocycles. The molecule has 2 unspecified atom stereocenters. The smallest absolute Gasteiger partial charge is 0.303 e. The maximum Gasteiger partial charge on any atom is 0.303 e. The summed E-state index contributed by atoms with van der Waals surface area (Å²) in [6.45, 7) is 2.89. The first-order chi connectivity index (χ1) is 7.02. The minimum Gasteiger partial charge on any atom is -0.481 e. The summed E-state index contributed by atoms with van der Waals surface area (Å²) in [7, 11) is -0.751. The van der Waals surface area contributed by atoms with Gasteiger partial charge >= 0.3 is 5.97 Å². The molecule has 5 heteroatoms. The number of aliphatic carboxylic acids is 1. The number of unbranched alkanes of at least 4 members (excludes halogenated alkanes) is 2. The van der Waals surface area contributed by atoms with Gasteiger partial charge in [-0.1, -0.05) is 6.42 Å². The highest BCUT2D eigenvalue weighted by Crippen LogP contribution is 1.99. The first-order valence-electron chi connectivity index (χ1n) is 5.27. The Morgan fingerprint density at radius 3 is 2.60 bits per heavy atom. The summed E-state index contributed by atoms with van der Waals surface area (Å²) in [5.74, 6) is -0.0486. The van der Waals surface area contributed by atoms with Crippen LogP contribution in [-0.2, 0) is 15.6 Å². The van der Waals surface area contributed by atoms with E-state index in [1.54, 1.807) is 6.26 Å². The highest BCUT2D eigenvalue weighted by molar-refractivity contribution is 7.84. The lowest BCUT2D eigenvalue weighted by atomic mass is 10.2. The Hall–Kier alpha value is -0.420. The topological polar surface area (TPSA) is 66.4 Å². The van der Waals surface area contributed by atoms with Crippen molar-refractivity contribution in [3.8, 4) is 0 Å². The monoisotopic (exact) mass is 235 g/mol. The van der Waals surface area contributed by atoms with Crippen LogP contribution >= 0.6 is 0 Å². The molecular formula is C10H21NO3S. The molecule has 0 aliphatic heterocycles. The van der Waals surface area contributed by atoms with Crippen LogP contribution in [0, 0.1) is 0 Å². The Balaban J connectivity index is 3.23. The molecule has 0 spiro atoms. The van der Waals surface area contributed by atoms with Crippen molar-refractivity contribution in [1.29, 1.82) is 0 Å². The van der Waals surface area contributed by atoms with Gasteiger partial charge in [-0.05, 0) is 26.3 Å². The van der Waals surface area contributed by atoms with E-state index < -0.39 is 16.8 Å². The normalized spacial score (nSPS) is 14.8. The van der Waals surface area contributed by atoms with Crippen molar-refractivity contribution >= 4 is 16.8 Å². The summed E-state index contributed by atoms with van der Waals surface area (Å²) in [6, 6.07) is 0.273. The summed E-state index contributed by atoms with van der Waals surface area (Å²) in [5, 5.41) is 11.7. The highest BCUT2D eigenvalue weighted by atomic mass is 32.2. The van der Waals surface area contributed by atoms with E-state index in [9.17, 15) is 9.00 Å². The lowest BCUT2D eigenvalue weighted by Gasteiger charge is -2.11. The lowest BCUT2D eigenvalue weighted by molar-refractivity contribution is -0.137. The molecule has 0 aromatic carbocycles. The molecule has 0 heterocycles. The van der Waals surface area contributed by atoms with E-state index in [1.165, 1.54) is 0 Å². The van der Waals surface area contributed by atoms with Gasteiger partial charge in [0.2, 0.25) is 0 Å². The number of rotatable bonds is 9. The largest absolute Gasteiger partial charge is 0.481 e. The van der Waals surface area contributed by atoms with Crippen LogP contribution in [0.1, 0.15) is 32.6 Å². The minimum atomic E-state index is -0.751. The van der Waals surface area contributed by atoms with Gasteiger partial charge in [-0.2, -0.15) is 0 Å². The molecule has 0 radical (unpaired) electrons. The zero-order valence-electron chi connectivity index (χ0n) is 9.49. The summed E-state index contributed by atoms with van der Waals surface area (Å²) in [5.41, 5.74) is 0. The fourth-order valence-electron chi connectivity index (χ4n) is 1.34. The van der Waals surface area contributed by atoms with E-state index >= 15 is 0 Å². The first kappa shape index (κ1) is 14.6. The number of carbonyl (C=O) groups is 1. The van der Waals surface area contributed by atoms with Crippen molar-refractivity contribution in [2.75, 3.05) is 18.6 Å². The molecule has 2 atom stereocenters. The van der Waals surface area contributed by atoms with Crippen molar-refractivity contribution in [3.05, 3.63) is 0 Å². The second-order valence-corrected chi connectivity index (χ2v) is 5.28. The van der Waals surface area contributed by atoms with Gasteiger partial charge in [-0.15, -0.1) is 0 Å². The standard InChI is InChI=1S/C10H21NO3S/c1-9(8-15(2)14)11-7-5-3-4-6-10(12)13/h9,11H,3-8H2,1-2H3,(H,12,13). The van der Waals surface area contributed by atoms with Crippen molar-refractivity contribution in [2.24, 2.45) is 0 Å². The Morgan fingerprint density at radius 2 is 2.07 bits per heavy atom. The number of hydrogen-bond acceptors (Lipinski definition) is 3. The third kappa shape index (κ3) is 11.5. The molecule has 0 aromatic rings. The zero-order chi connectivity index (χ0) is 11.7. The van der Waals surface area contributed by atoms with Gasteiger partial charge in [-0.3, -0.25) is 9.00 Å². The van der Waals surface area contributed by atoms with E-state index in [4.69, 9.17) is 5.11 Å². The molecule has 0 saturated carbocycles. The predicted octanol–water partition coefficient (Wildman–Crippen LogP) is 0.988. The number of hydrogen-bond donors (Lipinski definition) is 2. The van der Waals surface area contributed by atoms with Gasteiger partial charge in [-0.25, -0.2) is 0 Å². The minimum absolute atomic E-state index is 0.258. The quantitative estimate of drug-likeness (QED) is 0.585. The molecule has 15 heavy (non-hydrogen) atoms. The molecule has 2 N–H and O–H groups in total. The van der Waals surface area contributed by atoms with Crippen LogP contribution < -0.4 is 5.32 Å². The summed E-state index contributed by atoms with van der Waals surface area (Å²) in [4.78, 5) is 10.2. The summed E-state index contributed by atoms with van der Waals surface area (Å²) < 4.78 is 10.9. The maximum atomic E-state index is 10.9. The predicted molar refractivity (Wildman–Crippen MR) is 62.5 cm³/mol. The molecule has 0 saturated heterocycles. The first-order valence-corrected chi connectivity index (χ1v) is 7.00. The van der Waals surface area contributed by atoms with Crippen molar-refractivity contribution < 1.29 is 14.1 Å². The molecule has 0 rings (SSSR count). The molecule has 0 aliphatic rings. The van der Waals surface area contributed by atoms with Crippen LogP contribution in [-0.4, -0.2) is 39.9 Å². The number of nitrogens with one attached hydrogen (secondary N) is 1. The van der Waals surface area contributed by atoms with E-state index in [1.807, 2.05) is 6.92 Å². The second kappa shape index (κ2) is 8.85. The van der Waals surface area contributed by atoms with Crippen molar-refractivity contribution in [1.82, 2.24) is 5.32 Å². The van der Waals surface area contributed by atoms with E-state index in [2.05, 4.69) is 5.32 Å². The fourth-order valence-corrected chi connectivity index (χ4v) is 2.16. The van der Waals surface area contributed by atoms with Crippen molar-refractivity contribution in [2.45, 2.75) is 38.6 Å². The van der Waals surface area contributed by atoms with Gasteiger partial charge in [0.15, 0.2) is 0 Å². The molecule has 0 amide bonds.